The predicted molar refractivity (Wildman–Crippen MR) is 79.8 cm³/mol. The number of hydrogen-bond acceptors (Lipinski definition) is 4. The van der Waals surface area contributed by atoms with Gasteiger partial charge in [0, 0.05) is 18.7 Å². The average Bonchev–Trinajstić information content (AvgIpc) is 2.38. The zero-order chi connectivity index (χ0) is 15.2. The summed E-state index contributed by atoms with van der Waals surface area (Å²) in [5.74, 6) is 0.412. The average molecular weight is 280 g/mol. The summed E-state index contributed by atoms with van der Waals surface area (Å²) in [6, 6.07) is 5.00. The van der Waals surface area contributed by atoms with Gasteiger partial charge in [-0.1, -0.05) is 13.8 Å². The highest BCUT2D eigenvalue weighted by Gasteiger charge is 2.18. The molecule has 1 amide bonds. The third-order valence-electron chi connectivity index (χ3n) is 3.09. The summed E-state index contributed by atoms with van der Waals surface area (Å²) in [4.78, 5) is 12.0. The number of carbonyl (C=O) groups excluding carboxylic acids is 1. The lowest BCUT2D eigenvalue weighted by atomic mass is 9.89. The van der Waals surface area contributed by atoms with E-state index in [1.54, 1.807) is 18.2 Å². The molecule has 0 radical (unpaired) electrons. The topological polar surface area (TPSA) is 84.6 Å². The normalized spacial score (nSPS) is 11.2. The van der Waals surface area contributed by atoms with Crippen molar-refractivity contribution in [3.05, 3.63) is 23.8 Å². The number of anilines is 1. The van der Waals surface area contributed by atoms with Gasteiger partial charge in [-0.15, -0.1) is 0 Å². The minimum absolute atomic E-state index is 0.110. The monoisotopic (exact) mass is 280 g/mol. The number of nitrogens with two attached hydrogens (primary N) is 1. The van der Waals surface area contributed by atoms with Gasteiger partial charge in [0.05, 0.1) is 12.3 Å². The van der Waals surface area contributed by atoms with Crippen molar-refractivity contribution < 1.29 is 14.6 Å². The van der Waals surface area contributed by atoms with E-state index in [1.807, 2.05) is 20.8 Å². The van der Waals surface area contributed by atoms with Crippen molar-refractivity contribution >= 4 is 11.6 Å². The molecule has 1 rings (SSSR count). The molecule has 112 valence electrons. The Labute approximate surface area is 120 Å². The van der Waals surface area contributed by atoms with Crippen molar-refractivity contribution in [2.75, 3.05) is 25.5 Å². The largest absolute Gasteiger partial charge is 0.492 e. The van der Waals surface area contributed by atoms with E-state index in [0.717, 1.165) is 0 Å². The van der Waals surface area contributed by atoms with Crippen LogP contribution < -0.4 is 15.8 Å². The molecular weight excluding hydrogens is 256 g/mol. The van der Waals surface area contributed by atoms with E-state index in [2.05, 4.69) is 5.32 Å². The Bertz CT molecular complexity index is 458. The molecule has 0 fully saturated rings. The SMILES string of the molecule is CCOc1ccc(C(=O)NCC(C)(C)CCO)cc1N. The van der Waals surface area contributed by atoms with Gasteiger partial charge in [-0.2, -0.15) is 0 Å². The van der Waals surface area contributed by atoms with E-state index in [1.165, 1.54) is 0 Å². The van der Waals surface area contributed by atoms with Crippen LogP contribution in [-0.4, -0.2) is 30.8 Å². The first-order valence-electron chi connectivity index (χ1n) is 6.81. The molecule has 0 heterocycles. The van der Waals surface area contributed by atoms with E-state index >= 15 is 0 Å². The molecule has 0 aliphatic rings. The first-order valence-corrected chi connectivity index (χ1v) is 6.81. The van der Waals surface area contributed by atoms with Crippen molar-refractivity contribution in [3.8, 4) is 5.75 Å². The number of ether oxygens (including phenoxy) is 1. The number of amides is 1. The van der Waals surface area contributed by atoms with Crippen LogP contribution in [0.2, 0.25) is 0 Å². The summed E-state index contributed by atoms with van der Waals surface area (Å²) in [5, 5.41) is 11.8. The van der Waals surface area contributed by atoms with Gasteiger partial charge in [0.2, 0.25) is 0 Å². The van der Waals surface area contributed by atoms with Gasteiger partial charge >= 0.3 is 0 Å². The summed E-state index contributed by atoms with van der Waals surface area (Å²) >= 11 is 0. The van der Waals surface area contributed by atoms with Crippen LogP contribution in [0.4, 0.5) is 5.69 Å². The van der Waals surface area contributed by atoms with E-state index in [9.17, 15) is 4.79 Å². The molecule has 5 nitrogen and oxygen atoms in total. The van der Waals surface area contributed by atoms with Gasteiger partial charge in [0.15, 0.2) is 0 Å². The Kier molecular flexibility index (Phi) is 5.82. The molecule has 0 atom stereocenters. The third kappa shape index (κ3) is 4.74. The van der Waals surface area contributed by atoms with Gasteiger partial charge in [0.1, 0.15) is 5.75 Å². The second-order valence-electron chi connectivity index (χ2n) is 5.51. The number of hydrogen-bond donors (Lipinski definition) is 3. The molecule has 0 aliphatic carbocycles. The van der Waals surface area contributed by atoms with E-state index < -0.39 is 0 Å². The lowest BCUT2D eigenvalue weighted by Gasteiger charge is -2.23. The van der Waals surface area contributed by atoms with E-state index in [-0.39, 0.29) is 17.9 Å². The molecule has 0 bridgehead atoms. The summed E-state index contributed by atoms with van der Waals surface area (Å²) in [6.45, 7) is 7.01. The summed E-state index contributed by atoms with van der Waals surface area (Å²) in [5.41, 5.74) is 6.66. The zero-order valence-electron chi connectivity index (χ0n) is 12.4. The maximum absolute atomic E-state index is 12.0. The third-order valence-corrected chi connectivity index (χ3v) is 3.09. The second kappa shape index (κ2) is 7.14. The summed E-state index contributed by atoms with van der Waals surface area (Å²) < 4.78 is 5.33. The number of rotatable bonds is 7. The maximum atomic E-state index is 12.0. The van der Waals surface area contributed by atoms with Crippen molar-refractivity contribution in [2.45, 2.75) is 27.2 Å². The van der Waals surface area contributed by atoms with Gasteiger partial charge in [0.25, 0.3) is 5.91 Å². The Balaban J connectivity index is 2.66. The number of nitrogens with one attached hydrogen (secondary N) is 1. The number of nitrogen functional groups attached to an aromatic ring is 1. The van der Waals surface area contributed by atoms with Crippen molar-refractivity contribution in [3.63, 3.8) is 0 Å². The molecule has 0 aromatic heterocycles. The molecular formula is C15H24N2O3. The second-order valence-corrected chi connectivity index (χ2v) is 5.51. The molecule has 1 aromatic rings. The minimum Gasteiger partial charge on any atom is -0.492 e. The maximum Gasteiger partial charge on any atom is 0.251 e. The first kappa shape index (κ1) is 16.3. The quantitative estimate of drug-likeness (QED) is 0.665. The Morgan fingerprint density at radius 2 is 2.15 bits per heavy atom. The molecule has 0 aliphatic heterocycles. The predicted octanol–water partition coefficient (Wildman–Crippen LogP) is 1.81. The van der Waals surface area contributed by atoms with Crippen LogP contribution in [0.5, 0.6) is 5.75 Å². The number of aliphatic hydroxyl groups excluding tert-OH is 1. The molecule has 5 heteroatoms. The van der Waals surface area contributed by atoms with Gasteiger partial charge in [-0.05, 0) is 37.0 Å². The molecule has 0 unspecified atom stereocenters. The fourth-order valence-electron chi connectivity index (χ4n) is 1.79. The molecule has 20 heavy (non-hydrogen) atoms. The standard InChI is InChI=1S/C15H24N2O3/c1-4-20-13-6-5-11(9-12(13)16)14(19)17-10-15(2,3)7-8-18/h5-6,9,18H,4,7-8,10,16H2,1-3H3,(H,17,19). The van der Waals surface area contributed by atoms with Crippen LogP contribution in [0.15, 0.2) is 18.2 Å². The smallest absolute Gasteiger partial charge is 0.251 e. The van der Waals surface area contributed by atoms with Crippen LogP contribution >= 0.6 is 0 Å². The molecule has 4 N–H and O–H groups in total. The number of benzene rings is 1. The number of carbonyl (C=O) groups is 1. The molecule has 0 spiro atoms. The van der Waals surface area contributed by atoms with E-state index in [0.29, 0.717) is 36.6 Å². The highest BCUT2D eigenvalue weighted by atomic mass is 16.5. The summed E-state index contributed by atoms with van der Waals surface area (Å²) in [7, 11) is 0. The van der Waals surface area contributed by atoms with Gasteiger partial charge in [-0.25, -0.2) is 0 Å². The lowest BCUT2D eigenvalue weighted by Crippen LogP contribution is -2.34. The highest BCUT2D eigenvalue weighted by molar-refractivity contribution is 5.95. The van der Waals surface area contributed by atoms with Crippen molar-refractivity contribution in [2.24, 2.45) is 5.41 Å². The first-order chi connectivity index (χ1) is 9.39. The minimum atomic E-state index is -0.175. The Morgan fingerprint density at radius 3 is 2.70 bits per heavy atom. The zero-order valence-corrected chi connectivity index (χ0v) is 12.4. The highest BCUT2D eigenvalue weighted by Crippen LogP contribution is 2.23. The number of aliphatic hydroxyl groups is 1. The molecule has 0 saturated heterocycles. The van der Waals surface area contributed by atoms with Crippen LogP contribution in [0, 0.1) is 5.41 Å². The Morgan fingerprint density at radius 1 is 1.45 bits per heavy atom. The van der Waals surface area contributed by atoms with E-state index in [4.69, 9.17) is 15.6 Å². The van der Waals surface area contributed by atoms with Gasteiger partial charge < -0.3 is 20.9 Å². The van der Waals surface area contributed by atoms with Crippen LogP contribution in [-0.2, 0) is 0 Å². The van der Waals surface area contributed by atoms with Gasteiger partial charge in [-0.3, -0.25) is 4.79 Å². The lowest BCUT2D eigenvalue weighted by molar-refractivity contribution is 0.0928. The van der Waals surface area contributed by atoms with Crippen LogP contribution in [0.25, 0.3) is 0 Å². The Hall–Kier alpha value is -1.75. The molecule has 1 aromatic carbocycles. The summed E-state index contributed by atoms with van der Waals surface area (Å²) in [6.07, 6.45) is 0.638. The van der Waals surface area contributed by atoms with Crippen molar-refractivity contribution in [1.82, 2.24) is 5.32 Å². The van der Waals surface area contributed by atoms with Crippen molar-refractivity contribution in [1.29, 1.82) is 0 Å². The van der Waals surface area contributed by atoms with Crippen LogP contribution in [0.3, 0.4) is 0 Å². The fourth-order valence-corrected chi connectivity index (χ4v) is 1.79. The van der Waals surface area contributed by atoms with Crippen LogP contribution in [0.1, 0.15) is 37.6 Å². The fraction of sp³-hybridized carbons (Fsp3) is 0.533. The molecule has 0 saturated carbocycles.